The van der Waals surface area contributed by atoms with E-state index in [1.807, 2.05) is 6.07 Å². The van der Waals surface area contributed by atoms with Gasteiger partial charge in [-0.25, -0.2) is 4.39 Å². The van der Waals surface area contributed by atoms with Crippen molar-refractivity contribution < 1.29 is 14.0 Å². The summed E-state index contributed by atoms with van der Waals surface area (Å²) in [6, 6.07) is 9.58. The Bertz CT molecular complexity index is 677. The van der Waals surface area contributed by atoms with Gasteiger partial charge >= 0.3 is 0 Å². The summed E-state index contributed by atoms with van der Waals surface area (Å²) in [5, 5.41) is 5.24. The standard InChI is InChI=1S/C17H18FN3O2/c1-19-17(23)16(13-5-3-2-4-6-13)21-15(22)8-7-12-9-14(18)11-20-10-12/h2-6,9-11,16H,7-8H2,1H3,(H,19,23)(H,21,22)/t16-/m1/s1. The largest absolute Gasteiger partial charge is 0.357 e. The van der Waals surface area contributed by atoms with Crippen LogP contribution < -0.4 is 10.6 Å². The maximum Gasteiger partial charge on any atom is 0.246 e. The van der Waals surface area contributed by atoms with E-state index in [-0.39, 0.29) is 18.2 Å². The molecule has 1 aromatic carbocycles. The van der Waals surface area contributed by atoms with Gasteiger partial charge < -0.3 is 10.6 Å². The lowest BCUT2D eigenvalue weighted by Gasteiger charge is -2.17. The average molecular weight is 315 g/mol. The van der Waals surface area contributed by atoms with E-state index in [1.54, 1.807) is 24.3 Å². The highest BCUT2D eigenvalue weighted by atomic mass is 19.1. The number of amides is 2. The molecule has 0 aliphatic carbocycles. The van der Waals surface area contributed by atoms with Crippen LogP contribution in [0.3, 0.4) is 0 Å². The highest BCUT2D eigenvalue weighted by molar-refractivity contribution is 5.88. The monoisotopic (exact) mass is 315 g/mol. The Labute approximate surface area is 133 Å². The van der Waals surface area contributed by atoms with Gasteiger partial charge in [-0.3, -0.25) is 14.6 Å². The lowest BCUT2D eigenvalue weighted by atomic mass is 10.1. The molecule has 0 bridgehead atoms. The van der Waals surface area contributed by atoms with E-state index in [0.717, 1.165) is 6.20 Å². The van der Waals surface area contributed by atoms with Crippen LogP contribution >= 0.6 is 0 Å². The molecule has 5 nitrogen and oxygen atoms in total. The molecule has 0 radical (unpaired) electrons. The first-order valence-electron chi connectivity index (χ1n) is 7.25. The summed E-state index contributed by atoms with van der Waals surface area (Å²) in [5.41, 5.74) is 1.34. The highest BCUT2D eigenvalue weighted by Crippen LogP contribution is 2.13. The maximum atomic E-state index is 13.1. The van der Waals surface area contributed by atoms with E-state index >= 15 is 0 Å². The number of pyridine rings is 1. The minimum absolute atomic E-state index is 0.144. The molecule has 1 heterocycles. The van der Waals surface area contributed by atoms with E-state index in [0.29, 0.717) is 17.5 Å². The zero-order valence-electron chi connectivity index (χ0n) is 12.8. The second-order valence-corrected chi connectivity index (χ2v) is 5.04. The zero-order chi connectivity index (χ0) is 16.7. The van der Waals surface area contributed by atoms with Gasteiger partial charge in [0.15, 0.2) is 0 Å². The summed E-state index contributed by atoms with van der Waals surface area (Å²) in [5.74, 6) is -1.01. The van der Waals surface area contributed by atoms with Crippen molar-refractivity contribution in [3.8, 4) is 0 Å². The van der Waals surface area contributed by atoms with Gasteiger partial charge in [-0.2, -0.15) is 0 Å². The molecule has 6 heteroatoms. The van der Waals surface area contributed by atoms with Crippen LogP contribution in [-0.4, -0.2) is 23.8 Å². The quantitative estimate of drug-likeness (QED) is 0.853. The number of likely N-dealkylation sites (N-methyl/N-ethyl adjacent to an activating group) is 1. The smallest absolute Gasteiger partial charge is 0.246 e. The van der Waals surface area contributed by atoms with Crippen LogP contribution in [0.2, 0.25) is 0 Å². The van der Waals surface area contributed by atoms with Crippen LogP contribution in [0, 0.1) is 5.82 Å². The van der Waals surface area contributed by atoms with Crippen molar-refractivity contribution in [3.63, 3.8) is 0 Å². The molecule has 0 unspecified atom stereocenters. The molecule has 0 saturated carbocycles. The molecule has 2 amide bonds. The molecular weight excluding hydrogens is 297 g/mol. The van der Waals surface area contributed by atoms with Gasteiger partial charge in [0.25, 0.3) is 0 Å². The maximum absolute atomic E-state index is 13.1. The van der Waals surface area contributed by atoms with Crippen LogP contribution in [0.4, 0.5) is 4.39 Å². The number of aromatic nitrogens is 1. The fourth-order valence-electron chi connectivity index (χ4n) is 2.17. The molecule has 0 fully saturated rings. The lowest BCUT2D eigenvalue weighted by molar-refractivity contribution is -0.128. The first-order chi connectivity index (χ1) is 11.1. The van der Waals surface area contributed by atoms with Crippen LogP contribution in [0.25, 0.3) is 0 Å². The van der Waals surface area contributed by atoms with E-state index < -0.39 is 11.9 Å². The summed E-state index contributed by atoms with van der Waals surface area (Å²) in [4.78, 5) is 27.8. The van der Waals surface area contributed by atoms with Crippen LogP contribution in [0.15, 0.2) is 48.8 Å². The number of halogens is 1. The van der Waals surface area contributed by atoms with Gasteiger partial charge in [0.1, 0.15) is 11.9 Å². The molecule has 0 aliphatic rings. The average Bonchev–Trinajstić information content (AvgIpc) is 2.58. The summed E-state index contributed by atoms with van der Waals surface area (Å²) >= 11 is 0. The number of aryl methyl sites for hydroxylation is 1. The van der Waals surface area contributed by atoms with E-state index in [9.17, 15) is 14.0 Å². The first kappa shape index (κ1) is 16.6. The minimum Gasteiger partial charge on any atom is -0.357 e. The number of hydrogen-bond acceptors (Lipinski definition) is 3. The Balaban J connectivity index is 1.99. The Morgan fingerprint density at radius 2 is 1.96 bits per heavy atom. The van der Waals surface area contributed by atoms with Crippen molar-refractivity contribution in [2.75, 3.05) is 7.05 Å². The molecule has 2 N–H and O–H groups in total. The highest BCUT2D eigenvalue weighted by Gasteiger charge is 2.21. The zero-order valence-corrected chi connectivity index (χ0v) is 12.8. The SMILES string of the molecule is CNC(=O)[C@H](NC(=O)CCc1cncc(F)c1)c1ccccc1. The van der Waals surface area contributed by atoms with Crippen molar-refractivity contribution in [3.05, 3.63) is 65.7 Å². The molecule has 2 rings (SSSR count). The molecule has 0 saturated heterocycles. The number of nitrogens with zero attached hydrogens (tertiary/aromatic N) is 1. The molecule has 23 heavy (non-hydrogen) atoms. The predicted molar refractivity (Wildman–Crippen MR) is 83.9 cm³/mol. The number of rotatable bonds is 6. The summed E-state index contributed by atoms with van der Waals surface area (Å²) in [6.07, 6.45) is 3.13. The Morgan fingerprint density at radius 1 is 1.22 bits per heavy atom. The van der Waals surface area contributed by atoms with E-state index in [2.05, 4.69) is 15.6 Å². The summed E-state index contributed by atoms with van der Waals surface area (Å²) in [7, 11) is 1.52. The first-order valence-corrected chi connectivity index (χ1v) is 7.25. The van der Waals surface area contributed by atoms with Crippen molar-refractivity contribution in [2.24, 2.45) is 0 Å². The van der Waals surface area contributed by atoms with Gasteiger partial charge in [0, 0.05) is 19.7 Å². The molecule has 1 atom stereocenters. The molecule has 120 valence electrons. The van der Waals surface area contributed by atoms with Gasteiger partial charge in [0.2, 0.25) is 11.8 Å². The number of carbonyl (C=O) groups excluding carboxylic acids is 2. The second-order valence-electron chi connectivity index (χ2n) is 5.04. The Hall–Kier alpha value is -2.76. The van der Waals surface area contributed by atoms with Crippen molar-refractivity contribution in [2.45, 2.75) is 18.9 Å². The minimum atomic E-state index is -0.751. The van der Waals surface area contributed by atoms with Crippen molar-refractivity contribution in [1.82, 2.24) is 15.6 Å². The molecule has 2 aromatic rings. The third kappa shape index (κ3) is 4.88. The number of carbonyl (C=O) groups is 2. The number of benzene rings is 1. The summed E-state index contributed by atoms with van der Waals surface area (Å²) in [6.45, 7) is 0. The number of hydrogen-bond donors (Lipinski definition) is 2. The topological polar surface area (TPSA) is 71.1 Å². The molecule has 0 aliphatic heterocycles. The van der Waals surface area contributed by atoms with Crippen LogP contribution in [0.1, 0.15) is 23.6 Å². The Kier molecular flexibility index (Phi) is 5.80. The van der Waals surface area contributed by atoms with Gasteiger partial charge in [-0.1, -0.05) is 30.3 Å². The molecule has 1 aromatic heterocycles. The third-order valence-corrected chi connectivity index (χ3v) is 3.35. The van der Waals surface area contributed by atoms with Crippen LogP contribution in [-0.2, 0) is 16.0 Å². The van der Waals surface area contributed by atoms with Gasteiger partial charge in [0.05, 0.1) is 6.20 Å². The second kappa shape index (κ2) is 8.03. The van der Waals surface area contributed by atoms with Crippen molar-refractivity contribution >= 4 is 11.8 Å². The van der Waals surface area contributed by atoms with Crippen molar-refractivity contribution in [1.29, 1.82) is 0 Å². The fourth-order valence-corrected chi connectivity index (χ4v) is 2.17. The van der Waals surface area contributed by atoms with E-state index in [1.165, 1.54) is 19.3 Å². The normalized spacial score (nSPS) is 11.6. The predicted octanol–water partition coefficient (Wildman–Crippen LogP) is 1.76. The summed E-state index contributed by atoms with van der Waals surface area (Å²) < 4.78 is 13.1. The molecule has 0 spiro atoms. The molecular formula is C17H18FN3O2. The third-order valence-electron chi connectivity index (χ3n) is 3.35. The van der Waals surface area contributed by atoms with Gasteiger partial charge in [-0.05, 0) is 23.6 Å². The lowest BCUT2D eigenvalue weighted by Crippen LogP contribution is -2.39. The fraction of sp³-hybridized carbons (Fsp3) is 0.235. The van der Waals surface area contributed by atoms with E-state index in [4.69, 9.17) is 0 Å². The van der Waals surface area contributed by atoms with Crippen LogP contribution in [0.5, 0.6) is 0 Å². The Morgan fingerprint density at radius 3 is 2.61 bits per heavy atom. The number of nitrogens with one attached hydrogen (secondary N) is 2. The van der Waals surface area contributed by atoms with Gasteiger partial charge in [-0.15, -0.1) is 0 Å².